The fourth-order valence-electron chi connectivity index (χ4n) is 4.78. The summed E-state index contributed by atoms with van der Waals surface area (Å²) >= 11 is 0. The first-order valence-corrected chi connectivity index (χ1v) is 14.7. The summed E-state index contributed by atoms with van der Waals surface area (Å²) in [5.41, 5.74) is 1.95. The van der Waals surface area contributed by atoms with Crippen LogP contribution in [0.1, 0.15) is 28.8 Å². The van der Waals surface area contributed by atoms with Crippen molar-refractivity contribution in [3.8, 4) is 0 Å². The molecular weight excluding hydrogens is 542 g/mol. The van der Waals surface area contributed by atoms with Crippen molar-refractivity contribution in [2.24, 2.45) is 0 Å². The molecule has 2 aromatic carbocycles. The highest BCUT2D eigenvalue weighted by atomic mass is 32.2. The van der Waals surface area contributed by atoms with E-state index in [9.17, 15) is 22.8 Å². The topological polar surface area (TPSA) is 138 Å². The van der Waals surface area contributed by atoms with Crippen LogP contribution in [0.15, 0.2) is 96.3 Å². The lowest BCUT2D eigenvalue weighted by Gasteiger charge is -2.23. The van der Waals surface area contributed by atoms with Gasteiger partial charge < -0.3 is 10.6 Å². The Labute approximate surface area is 237 Å². The first kappa shape index (κ1) is 28.1. The third-order valence-corrected chi connectivity index (χ3v) is 8.71. The summed E-state index contributed by atoms with van der Waals surface area (Å²) in [6, 6.07) is 20.7. The van der Waals surface area contributed by atoms with Crippen LogP contribution in [-0.4, -0.2) is 65.5 Å². The molecule has 0 aliphatic carbocycles. The standard InChI is InChI=1S/C30H29N5O5S/c36-27-20-35(41(39,40)28-12-4-5-15-32-28)17-7-11-25(27)33-30(38)26(18-21-8-2-1-3-9-21)34-29(37)23-13-14-24-22(19-23)10-6-16-31-24/h1-6,8-10,12-16,19,25-26H,7,11,17-18,20H2,(H,33,38)(H,34,37)/t25-,26-/m0/s1. The molecule has 0 saturated carbocycles. The van der Waals surface area contributed by atoms with Crippen LogP contribution in [0, 0.1) is 0 Å². The Morgan fingerprint density at radius 3 is 2.51 bits per heavy atom. The first-order valence-electron chi connectivity index (χ1n) is 13.2. The summed E-state index contributed by atoms with van der Waals surface area (Å²) in [5.74, 6) is -1.39. The highest BCUT2D eigenvalue weighted by Crippen LogP contribution is 2.18. The van der Waals surface area contributed by atoms with E-state index in [1.165, 1.54) is 12.3 Å². The van der Waals surface area contributed by atoms with Crippen LogP contribution >= 0.6 is 0 Å². The van der Waals surface area contributed by atoms with E-state index in [1.54, 1.807) is 42.6 Å². The molecule has 41 heavy (non-hydrogen) atoms. The molecule has 11 heteroatoms. The number of sulfonamides is 1. The number of nitrogens with one attached hydrogen (secondary N) is 2. The Hall–Kier alpha value is -4.48. The Morgan fingerprint density at radius 1 is 0.951 bits per heavy atom. The summed E-state index contributed by atoms with van der Waals surface area (Å²) in [4.78, 5) is 48.1. The zero-order valence-corrected chi connectivity index (χ0v) is 23.0. The number of carbonyl (C=O) groups is 3. The summed E-state index contributed by atoms with van der Waals surface area (Å²) in [6.45, 7) is -0.261. The van der Waals surface area contributed by atoms with Gasteiger partial charge in [-0.05, 0) is 54.8 Å². The number of aromatic nitrogens is 2. The maximum absolute atomic E-state index is 13.5. The van der Waals surface area contributed by atoms with Crippen LogP contribution in [0.4, 0.5) is 0 Å². The molecular formula is C30H29N5O5S. The van der Waals surface area contributed by atoms with Crippen molar-refractivity contribution in [1.29, 1.82) is 0 Å². The molecule has 210 valence electrons. The van der Waals surface area contributed by atoms with Crippen LogP contribution in [0.3, 0.4) is 0 Å². The second-order valence-electron chi connectivity index (χ2n) is 9.80. The number of rotatable bonds is 8. The van der Waals surface area contributed by atoms with E-state index in [-0.39, 0.29) is 31.0 Å². The number of hydrogen-bond donors (Lipinski definition) is 2. The van der Waals surface area contributed by atoms with Crippen molar-refractivity contribution in [3.63, 3.8) is 0 Å². The number of carbonyl (C=O) groups excluding carboxylic acids is 3. The van der Waals surface area contributed by atoms with E-state index < -0.39 is 39.7 Å². The lowest BCUT2D eigenvalue weighted by molar-refractivity contribution is -0.128. The van der Waals surface area contributed by atoms with Crippen molar-refractivity contribution >= 4 is 38.5 Å². The average molecular weight is 572 g/mol. The van der Waals surface area contributed by atoms with Crippen LogP contribution < -0.4 is 10.6 Å². The third kappa shape index (κ3) is 6.64. The zero-order valence-electron chi connectivity index (χ0n) is 22.1. The van der Waals surface area contributed by atoms with Crippen LogP contribution in [-0.2, 0) is 26.0 Å². The maximum Gasteiger partial charge on any atom is 0.260 e. The molecule has 5 rings (SSSR count). The van der Waals surface area contributed by atoms with Crippen molar-refractivity contribution in [1.82, 2.24) is 24.9 Å². The molecule has 10 nitrogen and oxygen atoms in total. The van der Waals surface area contributed by atoms with E-state index >= 15 is 0 Å². The van der Waals surface area contributed by atoms with Gasteiger partial charge in [0.1, 0.15) is 6.04 Å². The molecule has 2 amide bonds. The Morgan fingerprint density at radius 2 is 1.73 bits per heavy atom. The largest absolute Gasteiger partial charge is 0.344 e. The molecule has 2 atom stereocenters. The van der Waals surface area contributed by atoms with E-state index in [4.69, 9.17) is 0 Å². The van der Waals surface area contributed by atoms with Gasteiger partial charge in [-0.25, -0.2) is 13.4 Å². The molecule has 0 spiro atoms. The molecule has 0 bridgehead atoms. The molecule has 1 aliphatic heterocycles. The third-order valence-electron chi connectivity index (χ3n) is 6.95. The fourth-order valence-corrected chi connectivity index (χ4v) is 6.15. The molecule has 1 saturated heterocycles. The van der Waals surface area contributed by atoms with Gasteiger partial charge in [-0.1, -0.05) is 42.5 Å². The minimum Gasteiger partial charge on any atom is -0.344 e. The predicted molar refractivity (Wildman–Crippen MR) is 152 cm³/mol. The van der Waals surface area contributed by atoms with Crippen LogP contribution in [0.25, 0.3) is 10.9 Å². The SMILES string of the molecule is O=C(N[C@@H](Cc1ccccc1)C(=O)N[C@H]1CCCN(S(=O)(=O)c2ccccn2)CC1=O)c1ccc2ncccc2c1. The highest BCUT2D eigenvalue weighted by molar-refractivity contribution is 7.89. The number of pyridine rings is 2. The van der Waals surface area contributed by atoms with Crippen molar-refractivity contribution < 1.29 is 22.8 Å². The summed E-state index contributed by atoms with van der Waals surface area (Å²) in [5, 5.41) is 6.26. The van der Waals surface area contributed by atoms with E-state index in [0.29, 0.717) is 12.0 Å². The number of Topliss-reactive ketones (excluding diaryl/α,β-unsaturated/α-hetero) is 1. The van der Waals surface area contributed by atoms with Crippen molar-refractivity contribution in [2.75, 3.05) is 13.1 Å². The van der Waals surface area contributed by atoms with Gasteiger partial charge in [0.25, 0.3) is 15.9 Å². The molecule has 1 fully saturated rings. The summed E-state index contributed by atoms with van der Waals surface area (Å²) in [6.07, 6.45) is 3.89. The lowest BCUT2D eigenvalue weighted by Crippen LogP contribution is -2.53. The molecule has 2 aromatic heterocycles. The molecule has 0 radical (unpaired) electrons. The van der Waals surface area contributed by atoms with Gasteiger partial charge in [-0.3, -0.25) is 19.4 Å². The number of hydrogen-bond acceptors (Lipinski definition) is 7. The Bertz CT molecular complexity index is 1660. The number of ketones is 1. The van der Waals surface area contributed by atoms with E-state index in [1.807, 2.05) is 36.4 Å². The first-order chi connectivity index (χ1) is 19.8. The Kier molecular flexibility index (Phi) is 8.46. The smallest absolute Gasteiger partial charge is 0.260 e. The van der Waals surface area contributed by atoms with E-state index in [0.717, 1.165) is 20.8 Å². The molecule has 2 N–H and O–H groups in total. The summed E-state index contributed by atoms with van der Waals surface area (Å²) in [7, 11) is -3.96. The predicted octanol–water partition coefficient (Wildman–Crippen LogP) is 2.51. The van der Waals surface area contributed by atoms with Crippen LogP contribution in [0.2, 0.25) is 0 Å². The lowest BCUT2D eigenvalue weighted by atomic mass is 10.0. The van der Waals surface area contributed by atoms with Gasteiger partial charge in [-0.15, -0.1) is 0 Å². The van der Waals surface area contributed by atoms with Gasteiger partial charge >= 0.3 is 0 Å². The maximum atomic E-state index is 13.5. The number of amides is 2. The average Bonchev–Trinajstić information content (AvgIpc) is 3.18. The molecule has 4 aromatic rings. The highest BCUT2D eigenvalue weighted by Gasteiger charge is 2.34. The zero-order chi connectivity index (χ0) is 28.8. The van der Waals surface area contributed by atoms with Crippen LogP contribution in [0.5, 0.6) is 0 Å². The molecule has 1 aliphatic rings. The van der Waals surface area contributed by atoms with Crippen molar-refractivity contribution in [3.05, 3.63) is 102 Å². The molecule has 3 heterocycles. The van der Waals surface area contributed by atoms with Gasteiger partial charge in [0.05, 0.1) is 18.1 Å². The van der Waals surface area contributed by atoms with Gasteiger partial charge in [0.2, 0.25) is 5.91 Å². The normalized spacial score (nSPS) is 17.0. The summed E-state index contributed by atoms with van der Waals surface area (Å²) < 4.78 is 27.2. The van der Waals surface area contributed by atoms with Gasteiger partial charge in [0, 0.05) is 36.3 Å². The van der Waals surface area contributed by atoms with E-state index in [2.05, 4.69) is 20.6 Å². The molecule has 0 unspecified atom stereocenters. The quantitative estimate of drug-likeness (QED) is 0.331. The monoisotopic (exact) mass is 571 g/mol. The van der Waals surface area contributed by atoms with Gasteiger partial charge in [0.15, 0.2) is 10.8 Å². The minimum absolute atomic E-state index is 0.123. The Balaban J connectivity index is 1.31. The number of benzene rings is 2. The number of nitrogens with zero attached hydrogens (tertiary/aromatic N) is 3. The fraction of sp³-hybridized carbons (Fsp3) is 0.233. The second-order valence-corrected chi connectivity index (χ2v) is 11.7. The minimum atomic E-state index is -3.96. The van der Waals surface area contributed by atoms with Gasteiger partial charge in [-0.2, -0.15) is 4.31 Å². The second kappa shape index (κ2) is 12.4. The van der Waals surface area contributed by atoms with Crippen molar-refractivity contribution in [2.45, 2.75) is 36.4 Å². The number of fused-ring (bicyclic) bond motifs is 1.